The molecule has 1 aliphatic carbocycles. The van der Waals surface area contributed by atoms with Crippen molar-refractivity contribution in [1.29, 1.82) is 5.26 Å². The highest BCUT2D eigenvalue weighted by Crippen LogP contribution is 2.48. The molecule has 1 saturated carbocycles. The van der Waals surface area contributed by atoms with E-state index in [0.29, 0.717) is 23.4 Å². The number of ether oxygens (including phenoxy) is 2. The SMILES string of the molecule is COC(=O)c1ccc(C2=NN(c3ccc(C#N)c(C)c3)C(C3CC(F)(F)C3)C2)nc1OC. The predicted octanol–water partition coefficient (Wildman–Crippen LogP) is 4.09. The Morgan fingerprint density at radius 2 is 2.00 bits per heavy atom. The predicted molar refractivity (Wildman–Crippen MR) is 113 cm³/mol. The molecule has 1 aromatic carbocycles. The number of carbonyl (C=O) groups excluding carboxylic acids is 1. The summed E-state index contributed by atoms with van der Waals surface area (Å²) in [5, 5.41) is 15.7. The number of halogens is 2. The third kappa shape index (κ3) is 3.88. The number of methoxy groups -OCH3 is 2. The summed E-state index contributed by atoms with van der Waals surface area (Å²) in [5.74, 6) is -3.34. The molecule has 1 aliphatic heterocycles. The Bertz CT molecular complexity index is 1130. The second-order valence-corrected chi connectivity index (χ2v) is 8.04. The van der Waals surface area contributed by atoms with Gasteiger partial charge in [-0.05, 0) is 48.7 Å². The molecule has 2 heterocycles. The summed E-state index contributed by atoms with van der Waals surface area (Å²) in [5.41, 5.74) is 3.37. The molecule has 0 bridgehead atoms. The van der Waals surface area contributed by atoms with Crippen LogP contribution in [0.3, 0.4) is 0 Å². The van der Waals surface area contributed by atoms with Crippen LogP contribution < -0.4 is 9.75 Å². The van der Waals surface area contributed by atoms with Gasteiger partial charge >= 0.3 is 5.97 Å². The van der Waals surface area contributed by atoms with Crippen molar-refractivity contribution in [1.82, 2.24) is 4.98 Å². The molecule has 2 aliphatic rings. The zero-order valence-corrected chi connectivity index (χ0v) is 17.9. The number of alkyl halides is 2. The normalized spacial score (nSPS) is 19.7. The Kier molecular flexibility index (Phi) is 5.55. The quantitative estimate of drug-likeness (QED) is 0.651. The molecule has 166 valence electrons. The summed E-state index contributed by atoms with van der Waals surface area (Å²) in [6.07, 6.45) is 0.0437. The van der Waals surface area contributed by atoms with Crippen LogP contribution in [0.5, 0.6) is 5.88 Å². The number of benzene rings is 1. The Hall–Kier alpha value is -3.54. The second-order valence-electron chi connectivity index (χ2n) is 8.04. The smallest absolute Gasteiger partial charge is 0.343 e. The number of nitrogens with zero attached hydrogens (tertiary/aromatic N) is 4. The van der Waals surface area contributed by atoms with Crippen molar-refractivity contribution < 1.29 is 23.0 Å². The number of esters is 1. The average molecular weight is 440 g/mol. The van der Waals surface area contributed by atoms with Gasteiger partial charge in [-0.25, -0.2) is 18.6 Å². The molecular weight excluding hydrogens is 418 g/mol. The second kappa shape index (κ2) is 8.19. The van der Waals surface area contributed by atoms with Crippen molar-refractivity contribution in [3.63, 3.8) is 0 Å². The van der Waals surface area contributed by atoms with Gasteiger partial charge in [0.05, 0.1) is 49.0 Å². The maximum absolute atomic E-state index is 13.6. The van der Waals surface area contributed by atoms with E-state index in [2.05, 4.69) is 11.1 Å². The van der Waals surface area contributed by atoms with Gasteiger partial charge < -0.3 is 9.47 Å². The van der Waals surface area contributed by atoms with Gasteiger partial charge in [0.2, 0.25) is 11.8 Å². The summed E-state index contributed by atoms with van der Waals surface area (Å²) in [4.78, 5) is 16.3. The molecule has 0 radical (unpaired) electrons. The van der Waals surface area contributed by atoms with Crippen LogP contribution in [-0.4, -0.2) is 42.8 Å². The first-order chi connectivity index (χ1) is 15.3. The number of aromatic nitrogens is 1. The molecule has 1 aromatic heterocycles. The molecule has 1 fully saturated rings. The number of rotatable bonds is 5. The fraction of sp³-hybridized carbons (Fsp3) is 0.391. The largest absolute Gasteiger partial charge is 0.480 e. The van der Waals surface area contributed by atoms with Crippen molar-refractivity contribution in [3.05, 3.63) is 52.7 Å². The molecule has 1 unspecified atom stereocenters. The third-order valence-corrected chi connectivity index (χ3v) is 5.96. The zero-order chi connectivity index (χ0) is 23.0. The van der Waals surface area contributed by atoms with Gasteiger partial charge in [0.15, 0.2) is 0 Å². The van der Waals surface area contributed by atoms with Crippen LogP contribution in [0, 0.1) is 24.2 Å². The van der Waals surface area contributed by atoms with Gasteiger partial charge in [0.1, 0.15) is 5.56 Å². The van der Waals surface area contributed by atoms with Crippen LogP contribution in [0.1, 0.15) is 46.4 Å². The molecule has 32 heavy (non-hydrogen) atoms. The molecule has 2 aromatic rings. The monoisotopic (exact) mass is 440 g/mol. The fourth-order valence-electron chi connectivity index (χ4n) is 4.22. The van der Waals surface area contributed by atoms with E-state index >= 15 is 0 Å². The first-order valence-electron chi connectivity index (χ1n) is 10.2. The van der Waals surface area contributed by atoms with Crippen LogP contribution in [0.4, 0.5) is 14.5 Å². The number of anilines is 1. The summed E-state index contributed by atoms with van der Waals surface area (Å²) >= 11 is 0. The van der Waals surface area contributed by atoms with Gasteiger partial charge in [0, 0.05) is 19.3 Å². The minimum Gasteiger partial charge on any atom is -0.480 e. The first-order valence-corrected chi connectivity index (χ1v) is 10.2. The minimum absolute atomic E-state index is 0.108. The number of hydrazone groups is 1. The van der Waals surface area contributed by atoms with Gasteiger partial charge in [-0.2, -0.15) is 10.4 Å². The average Bonchev–Trinajstić information content (AvgIpc) is 3.21. The zero-order valence-electron chi connectivity index (χ0n) is 17.9. The maximum Gasteiger partial charge on any atom is 0.343 e. The first kappa shape index (κ1) is 21.7. The van der Waals surface area contributed by atoms with Crippen molar-refractivity contribution in [2.24, 2.45) is 11.0 Å². The van der Waals surface area contributed by atoms with Crippen LogP contribution in [0.2, 0.25) is 0 Å². The molecule has 7 nitrogen and oxygen atoms in total. The number of pyridine rings is 1. The van der Waals surface area contributed by atoms with E-state index in [1.165, 1.54) is 14.2 Å². The van der Waals surface area contributed by atoms with E-state index in [1.54, 1.807) is 29.3 Å². The highest BCUT2D eigenvalue weighted by Gasteiger charge is 2.51. The van der Waals surface area contributed by atoms with Crippen molar-refractivity contribution >= 4 is 17.4 Å². The van der Waals surface area contributed by atoms with E-state index < -0.39 is 11.9 Å². The highest BCUT2D eigenvalue weighted by molar-refractivity contribution is 6.02. The van der Waals surface area contributed by atoms with Crippen LogP contribution >= 0.6 is 0 Å². The molecular formula is C23H22F2N4O3. The van der Waals surface area contributed by atoms with Gasteiger partial charge in [-0.1, -0.05) is 0 Å². The van der Waals surface area contributed by atoms with E-state index in [4.69, 9.17) is 14.6 Å². The standard InChI is InChI=1S/C23H22F2N4O3/c1-13-8-16(5-4-14(13)12-26)29-20(15-10-23(24,25)11-15)9-19(28-29)18-7-6-17(22(30)32-3)21(27-18)31-2/h4-8,15,20H,9-11H2,1-3H3. The highest BCUT2D eigenvalue weighted by atomic mass is 19.3. The lowest BCUT2D eigenvalue weighted by Gasteiger charge is -2.41. The number of aryl methyl sites for hydroxylation is 1. The Labute approximate surface area is 184 Å². The molecule has 4 rings (SSSR count). The van der Waals surface area contributed by atoms with Gasteiger partial charge in [-0.15, -0.1) is 0 Å². The molecule has 0 saturated heterocycles. The number of carbonyl (C=O) groups is 1. The van der Waals surface area contributed by atoms with E-state index in [-0.39, 0.29) is 36.2 Å². The summed E-state index contributed by atoms with van der Waals surface area (Å²) in [7, 11) is 2.67. The fourth-order valence-corrected chi connectivity index (χ4v) is 4.22. The number of hydrogen-bond acceptors (Lipinski definition) is 7. The summed E-state index contributed by atoms with van der Waals surface area (Å²) in [6, 6.07) is 10.4. The topological polar surface area (TPSA) is 87.8 Å². The third-order valence-electron chi connectivity index (χ3n) is 5.96. The van der Waals surface area contributed by atoms with Crippen LogP contribution in [0.15, 0.2) is 35.4 Å². The van der Waals surface area contributed by atoms with E-state index in [1.807, 2.05) is 13.0 Å². The molecule has 9 heteroatoms. The van der Waals surface area contributed by atoms with Gasteiger partial charge in [0.25, 0.3) is 0 Å². The lowest BCUT2D eigenvalue weighted by Crippen LogP contribution is -2.47. The van der Waals surface area contributed by atoms with Crippen LogP contribution in [0.25, 0.3) is 0 Å². The lowest BCUT2D eigenvalue weighted by molar-refractivity contribution is -0.115. The maximum atomic E-state index is 13.6. The minimum atomic E-state index is -2.65. The van der Waals surface area contributed by atoms with Crippen LogP contribution in [-0.2, 0) is 4.74 Å². The van der Waals surface area contributed by atoms with Crippen molar-refractivity contribution in [2.45, 2.75) is 38.2 Å². The van der Waals surface area contributed by atoms with Crippen molar-refractivity contribution in [2.75, 3.05) is 19.2 Å². The van der Waals surface area contributed by atoms with Crippen molar-refractivity contribution in [3.8, 4) is 11.9 Å². The Morgan fingerprint density at radius 1 is 1.25 bits per heavy atom. The Balaban J connectivity index is 1.70. The molecule has 0 amide bonds. The summed E-state index contributed by atoms with van der Waals surface area (Å²) in [6.45, 7) is 1.83. The van der Waals surface area contributed by atoms with Gasteiger partial charge in [-0.3, -0.25) is 5.01 Å². The molecule has 0 spiro atoms. The van der Waals surface area contributed by atoms with E-state index in [9.17, 15) is 18.8 Å². The lowest BCUT2D eigenvalue weighted by atomic mass is 9.75. The number of hydrogen-bond donors (Lipinski definition) is 0. The molecule has 1 atom stereocenters. The number of nitriles is 1. The molecule has 0 N–H and O–H groups in total. The van der Waals surface area contributed by atoms with E-state index in [0.717, 1.165) is 11.3 Å². The summed E-state index contributed by atoms with van der Waals surface area (Å²) < 4.78 is 37.3. The Morgan fingerprint density at radius 3 is 2.59 bits per heavy atom.